The Morgan fingerprint density at radius 1 is 1.12 bits per heavy atom. The molecule has 0 spiro atoms. The summed E-state index contributed by atoms with van der Waals surface area (Å²) in [5, 5.41) is 0. The summed E-state index contributed by atoms with van der Waals surface area (Å²) in [6.45, 7) is 0.383. The molecule has 0 saturated carbocycles. The smallest absolute Gasteiger partial charge is 0.261 e. The maximum Gasteiger partial charge on any atom is 0.261 e. The van der Waals surface area contributed by atoms with Gasteiger partial charge in [0.25, 0.3) is 10.0 Å². The number of methoxy groups -OCH3 is 1. The van der Waals surface area contributed by atoms with Gasteiger partial charge in [-0.25, -0.2) is 16.8 Å². The zero-order chi connectivity index (χ0) is 18.1. The summed E-state index contributed by atoms with van der Waals surface area (Å²) in [5.41, 5.74) is 0.698. The first kappa shape index (κ1) is 17.6. The quantitative estimate of drug-likeness (QED) is 0.854. The monoisotopic (exact) mass is 382 g/mol. The summed E-state index contributed by atoms with van der Waals surface area (Å²) in [4.78, 5) is 0.139. The maximum absolute atomic E-state index is 12.4. The first-order valence-corrected chi connectivity index (χ1v) is 10.7. The fraction of sp³-hybridized carbons (Fsp3) is 0.250. The van der Waals surface area contributed by atoms with Crippen molar-refractivity contribution in [1.29, 1.82) is 0 Å². The van der Waals surface area contributed by atoms with Crippen molar-refractivity contribution in [3.05, 3.63) is 48.5 Å². The van der Waals surface area contributed by atoms with Gasteiger partial charge in [0, 0.05) is 12.6 Å². The molecule has 0 amide bonds. The summed E-state index contributed by atoms with van der Waals surface area (Å²) in [7, 11) is -5.67. The van der Waals surface area contributed by atoms with E-state index >= 15 is 0 Å². The van der Waals surface area contributed by atoms with E-state index in [1.807, 2.05) is 0 Å². The van der Waals surface area contributed by atoms with E-state index in [1.54, 1.807) is 24.3 Å². The summed E-state index contributed by atoms with van der Waals surface area (Å²) in [5.74, 6) is 0.386. The molecule has 1 heterocycles. The van der Waals surface area contributed by atoms with Crippen LogP contribution in [0.25, 0.3) is 0 Å². The molecular formula is C16H18N2O5S2. The van der Waals surface area contributed by atoms with Crippen LogP contribution in [0.1, 0.15) is 6.42 Å². The molecule has 1 saturated heterocycles. The van der Waals surface area contributed by atoms with Gasteiger partial charge in [0.2, 0.25) is 10.0 Å². The van der Waals surface area contributed by atoms with E-state index in [1.165, 1.54) is 35.7 Å². The highest BCUT2D eigenvalue weighted by molar-refractivity contribution is 7.93. The van der Waals surface area contributed by atoms with Crippen LogP contribution in [0.2, 0.25) is 0 Å². The minimum absolute atomic E-state index is 0.0958. The highest BCUT2D eigenvalue weighted by atomic mass is 32.2. The minimum Gasteiger partial charge on any atom is -0.494 e. The molecule has 0 unspecified atom stereocenters. The van der Waals surface area contributed by atoms with Crippen LogP contribution < -0.4 is 13.8 Å². The normalized spacial score (nSPS) is 16.6. The molecule has 1 N–H and O–H groups in total. The van der Waals surface area contributed by atoms with Crippen LogP contribution in [0, 0.1) is 0 Å². The largest absolute Gasteiger partial charge is 0.494 e. The number of nitrogens with one attached hydrogen (secondary N) is 1. The third kappa shape index (κ3) is 3.57. The standard InChI is InChI=1S/C16H18N2O5S2/c1-23-16-12-13(17-25(21,22)14-6-3-2-4-7-14)8-9-15(16)18-10-5-11-24(18,19)20/h2-4,6-9,12,17H,5,10-11H2,1H3. The van der Waals surface area contributed by atoms with Gasteiger partial charge < -0.3 is 4.74 Å². The molecule has 1 aliphatic heterocycles. The lowest BCUT2D eigenvalue weighted by Crippen LogP contribution is -2.25. The lowest BCUT2D eigenvalue weighted by Gasteiger charge is -2.20. The second kappa shape index (κ2) is 6.57. The summed E-state index contributed by atoms with van der Waals surface area (Å²) in [6.07, 6.45) is 0.549. The van der Waals surface area contributed by atoms with Gasteiger partial charge >= 0.3 is 0 Å². The third-order valence-corrected chi connectivity index (χ3v) is 7.11. The Kier molecular flexibility index (Phi) is 4.61. The van der Waals surface area contributed by atoms with Gasteiger partial charge in [-0.05, 0) is 30.7 Å². The lowest BCUT2D eigenvalue weighted by atomic mass is 10.2. The van der Waals surface area contributed by atoms with E-state index in [0.717, 1.165) is 0 Å². The molecule has 0 radical (unpaired) electrons. The Balaban J connectivity index is 1.93. The first-order chi connectivity index (χ1) is 11.8. The van der Waals surface area contributed by atoms with Crippen LogP contribution in [-0.4, -0.2) is 36.2 Å². The highest BCUT2D eigenvalue weighted by Gasteiger charge is 2.30. The number of sulfonamides is 2. The average molecular weight is 382 g/mol. The minimum atomic E-state index is -3.73. The molecule has 7 nitrogen and oxygen atoms in total. The van der Waals surface area contributed by atoms with Gasteiger partial charge in [0.15, 0.2) is 0 Å². The van der Waals surface area contributed by atoms with E-state index in [9.17, 15) is 16.8 Å². The number of ether oxygens (including phenoxy) is 1. The van der Waals surface area contributed by atoms with Gasteiger partial charge in [-0.1, -0.05) is 18.2 Å². The van der Waals surface area contributed by atoms with Gasteiger partial charge in [0.05, 0.1) is 29.1 Å². The predicted molar refractivity (Wildman–Crippen MR) is 96.0 cm³/mol. The molecular weight excluding hydrogens is 364 g/mol. The summed E-state index contributed by atoms with van der Waals surface area (Å²) in [6, 6.07) is 12.5. The van der Waals surface area contributed by atoms with Crippen molar-refractivity contribution in [2.45, 2.75) is 11.3 Å². The molecule has 9 heteroatoms. The number of rotatable bonds is 5. The summed E-state index contributed by atoms with van der Waals surface area (Å²) < 4.78 is 58.0. The van der Waals surface area contributed by atoms with E-state index in [-0.39, 0.29) is 10.6 Å². The highest BCUT2D eigenvalue weighted by Crippen LogP contribution is 2.35. The molecule has 0 atom stereocenters. The number of nitrogens with zero attached hydrogens (tertiary/aromatic N) is 1. The van der Waals surface area contributed by atoms with Crippen LogP contribution in [0.5, 0.6) is 5.75 Å². The molecule has 134 valence electrons. The fourth-order valence-electron chi connectivity index (χ4n) is 2.67. The second-order valence-electron chi connectivity index (χ2n) is 5.55. The van der Waals surface area contributed by atoms with Gasteiger partial charge in [-0.3, -0.25) is 9.03 Å². The number of benzene rings is 2. The molecule has 25 heavy (non-hydrogen) atoms. The average Bonchev–Trinajstić information content (AvgIpc) is 2.94. The molecule has 3 rings (SSSR count). The van der Waals surface area contributed by atoms with E-state index in [2.05, 4.69) is 4.72 Å². The van der Waals surface area contributed by atoms with Crippen molar-refractivity contribution in [2.24, 2.45) is 0 Å². The molecule has 1 fully saturated rings. The van der Waals surface area contributed by atoms with Gasteiger partial charge in [-0.2, -0.15) is 0 Å². The van der Waals surface area contributed by atoms with E-state index < -0.39 is 20.0 Å². The summed E-state index contributed by atoms with van der Waals surface area (Å²) >= 11 is 0. The maximum atomic E-state index is 12.4. The fourth-order valence-corrected chi connectivity index (χ4v) is 5.31. The molecule has 1 aliphatic rings. The first-order valence-electron chi connectivity index (χ1n) is 7.60. The van der Waals surface area contributed by atoms with Crippen molar-refractivity contribution in [3.8, 4) is 5.75 Å². The second-order valence-corrected chi connectivity index (χ2v) is 9.24. The Bertz CT molecular complexity index is 973. The zero-order valence-electron chi connectivity index (χ0n) is 13.5. The van der Waals surface area contributed by atoms with Crippen LogP contribution in [0.4, 0.5) is 11.4 Å². The topological polar surface area (TPSA) is 92.8 Å². The Morgan fingerprint density at radius 3 is 2.44 bits per heavy atom. The number of hydrogen-bond donors (Lipinski definition) is 1. The third-order valence-electron chi connectivity index (χ3n) is 3.85. The van der Waals surface area contributed by atoms with Crippen LogP contribution in [-0.2, 0) is 20.0 Å². The SMILES string of the molecule is COc1cc(NS(=O)(=O)c2ccccc2)ccc1N1CCCS1(=O)=O. The molecule has 0 aliphatic carbocycles. The number of hydrogen-bond acceptors (Lipinski definition) is 5. The number of anilines is 2. The Morgan fingerprint density at radius 2 is 1.84 bits per heavy atom. The molecule has 2 aromatic carbocycles. The molecule has 2 aromatic rings. The van der Waals surface area contributed by atoms with Gasteiger partial charge in [0.1, 0.15) is 5.75 Å². The van der Waals surface area contributed by atoms with Crippen molar-refractivity contribution < 1.29 is 21.6 Å². The zero-order valence-corrected chi connectivity index (χ0v) is 15.2. The van der Waals surface area contributed by atoms with Crippen LogP contribution in [0.15, 0.2) is 53.4 Å². The van der Waals surface area contributed by atoms with Crippen molar-refractivity contribution in [1.82, 2.24) is 0 Å². The molecule has 0 aromatic heterocycles. The Hall–Kier alpha value is -2.26. The van der Waals surface area contributed by atoms with Crippen molar-refractivity contribution in [3.63, 3.8) is 0 Å². The van der Waals surface area contributed by atoms with Crippen molar-refractivity contribution in [2.75, 3.05) is 28.4 Å². The molecule has 0 bridgehead atoms. The van der Waals surface area contributed by atoms with Gasteiger partial charge in [-0.15, -0.1) is 0 Å². The van der Waals surface area contributed by atoms with Crippen molar-refractivity contribution >= 4 is 31.4 Å². The Labute approximate surface area is 147 Å². The van der Waals surface area contributed by atoms with Crippen LogP contribution >= 0.6 is 0 Å². The lowest BCUT2D eigenvalue weighted by molar-refractivity contribution is 0.416. The van der Waals surface area contributed by atoms with Crippen LogP contribution in [0.3, 0.4) is 0 Å². The van der Waals surface area contributed by atoms with E-state index in [4.69, 9.17) is 4.74 Å². The predicted octanol–water partition coefficient (Wildman–Crippen LogP) is 2.04. The van der Waals surface area contributed by atoms with E-state index in [0.29, 0.717) is 30.1 Å².